The third kappa shape index (κ3) is 3.95. The van der Waals surface area contributed by atoms with Crippen molar-refractivity contribution in [2.75, 3.05) is 52.3 Å². The Kier molecular flexibility index (Phi) is 5.73. The highest BCUT2D eigenvalue weighted by Gasteiger charge is 2.31. The third-order valence-corrected chi connectivity index (χ3v) is 7.90. The Morgan fingerprint density at radius 3 is 2.37 bits per heavy atom. The summed E-state index contributed by atoms with van der Waals surface area (Å²) in [6, 6.07) is 10.8. The lowest BCUT2D eigenvalue weighted by atomic mass is 10.2. The lowest BCUT2D eigenvalue weighted by Crippen LogP contribution is -2.48. The molecule has 1 aromatic carbocycles. The molecule has 0 saturated carbocycles. The molecule has 146 valence electrons. The molecule has 1 amide bonds. The molecular formula is C18H23N3O4S2. The second-order valence-electron chi connectivity index (χ2n) is 6.38. The van der Waals surface area contributed by atoms with Gasteiger partial charge in [0.25, 0.3) is 15.9 Å². The minimum Gasteiger partial charge on any atom is -0.495 e. The summed E-state index contributed by atoms with van der Waals surface area (Å²) < 4.78 is 32.9. The number of para-hydroxylation sites is 2. The molecule has 1 aliphatic rings. The van der Waals surface area contributed by atoms with Crippen LogP contribution in [-0.4, -0.2) is 70.9 Å². The number of amides is 1. The molecule has 1 fully saturated rings. The van der Waals surface area contributed by atoms with E-state index in [2.05, 4.69) is 4.90 Å². The van der Waals surface area contributed by atoms with Gasteiger partial charge >= 0.3 is 0 Å². The van der Waals surface area contributed by atoms with Gasteiger partial charge in [0.2, 0.25) is 0 Å². The number of hydrogen-bond donors (Lipinski definition) is 0. The van der Waals surface area contributed by atoms with Gasteiger partial charge in [-0.3, -0.25) is 4.79 Å². The van der Waals surface area contributed by atoms with Gasteiger partial charge in [-0.1, -0.05) is 12.1 Å². The standard InChI is InChI=1S/C18H23N3O4S2/c1-19(2)18(22)16-8-9-17(26-16)27(23,24)21-12-10-20(11-13-21)14-6-4-5-7-15(14)25-3/h4-9H,10-13H2,1-3H3. The van der Waals surface area contributed by atoms with Crippen LogP contribution in [0.1, 0.15) is 9.67 Å². The Morgan fingerprint density at radius 1 is 1.07 bits per heavy atom. The van der Waals surface area contributed by atoms with E-state index in [1.807, 2.05) is 24.3 Å². The van der Waals surface area contributed by atoms with E-state index in [1.165, 1.54) is 15.3 Å². The van der Waals surface area contributed by atoms with Crippen molar-refractivity contribution >= 4 is 33.0 Å². The molecule has 7 nitrogen and oxygen atoms in total. The maximum Gasteiger partial charge on any atom is 0.263 e. The van der Waals surface area contributed by atoms with Crippen molar-refractivity contribution < 1.29 is 17.9 Å². The number of carbonyl (C=O) groups is 1. The average molecular weight is 410 g/mol. The molecule has 1 aromatic heterocycles. The van der Waals surface area contributed by atoms with Gasteiger partial charge in [0.15, 0.2) is 0 Å². The number of methoxy groups -OCH3 is 1. The maximum absolute atomic E-state index is 12.9. The number of rotatable bonds is 5. The van der Waals surface area contributed by atoms with E-state index in [4.69, 9.17) is 4.74 Å². The van der Waals surface area contributed by atoms with E-state index in [-0.39, 0.29) is 10.1 Å². The molecule has 27 heavy (non-hydrogen) atoms. The van der Waals surface area contributed by atoms with E-state index in [0.717, 1.165) is 22.8 Å². The Hall–Kier alpha value is -2.10. The van der Waals surface area contributed by atoms with Crippen LogP contribution in [0.25, 0.3) is 0 Å². The predicted octanol–water partition coefficient (Wildman–Crippen LogP) is 1.97. The van der Waals surface area contributed by atoms with Gasteiger partial charge in [-0.25, -0.2) is 8.42 Å². The quantitative estimate of drug-likeness (QED) is 0.755. The van der Waals surface area contributed by atoms with Crippen LogP contribution in [0, 0.1) is 0 Å². The lowest BCUT2D eigenvalue weighted by Gasteiger charge is -2.35. The van der Waals surface area contributed by atoms with E-state index in [0.29, 0.717) is 31.1 Å². The van der Waals surface area contributed by atoms with E-state index < -0.39 is 10.0 Å². The van der Waals surface area contributed by atoms with Crippen molar-refractivity contribution in [3.05, 3.63) is 41.3 Å². The minimum atomic E-state index is -3.60. The molecule has 9 heteroatoms. The molecule has 0 aliphatic carbocycles. The zero-order chi connectivity index (χ0) is 19.6. The third-order valence-electron chi connectivity index (χ3n) is 4.46. The van der Waals surface area contributed by atoms with Crippen LogP contribution in [0.4, 0.5) is 5.69 Å². The predicted molar refractivity (Wildman–Crippen MR) is 106 cm³/mol. The molecule has 0 bridgehead atoms. The molecule has 2 heterocycles. The molecule has 0 atom stereocenters. The summed E-state index contributed by atoms with van der Waals surface area (Å²) in [7, 11) is 1.32. The molecule has 1 saturated heterocycles. The lowest BCUT2D eigenvalue weighted by molar-refractivity contribution is 0.0832. The summed E-state index contributed by atoms with van der Waals surface area (Å²) in [5.74, 6) is 0.585. The zero-order valence-electron chi connectivity index (χ0n) is 15.6. The summed E-state index contributed by atoms with van der Waals surface area (Å²) in [6.45, 7) is 1.92. The Balaban J connectivity index is 1.72. The van der Waals surface area contributed by atoms with Crippen molar-refractivity contribution in [2.24, 2.45) is 0 Å². The SMILES string of the molecule is COc1ccccc1N1CCN(S(=O)(=O)c2ccc(C(=O)N(C)C)s2)CC1. The fourth-order valence-electron chi connectivity index (χ4n) is 2.98. The van der Waals surface area contributed by atoms with Crippen molar-refractivity contribution in [2.45, 2.75) is 4.21 Å². The number of carbonyl (C=O) groups excluding carboxylic acids is 1. The average Bonchev–Trinajstić information content (AvgIpc) is 3.18. The second kappa shape index (κ2) is 7.87. The molecule has 1 aliphatic heterocycles. The molecule has 3 rings (SSSR count). The van der Waals surface area contributed by atoms with E-state index in [1.54, 1.807) is 27.3 Å². The molecule has 0 N–H and O–H groups in total. The fourth-order valence-corrected chi connectivity index (χ4v) is 5.89. The monoisotopic (exact) mass is 409 g/mol. The Labute approximate surface area is 163 Å². The number of ether oxygens (including phenoxy) is 1. The molecular weight excluding hydrogens is 386 g/mol. The summed E-state index contributed by atoms with van der Waals surface area (Å²) in [5, 5.41) is 0. The highest BCUT2D eigenvalue weighted by molar-refractivity contribution is 7.91. The number of hydrogen-bond acceptors (Lipinski definition) is 6. The van der Waals surface area contributed by atoms with Crippen molar-refractivity contribution in [1.82, 2.24) is 9.21 Å². The van der Waals surface area contributed by atoms with Gasteiger partial charge in [0.1, 0.15) is 9.96 Å². The van der Waals surface area contributed by atoms with E-state index >= 15 is 0 Å². The summed E-state index contributed by atoms with van der Waals surface area (Å²) in [5.41, 5.74) is 0.965. The van der Waals surface area contributed by atoms with Crippen LogP contribution in [0.3, 0.4) is 0 Å². The highest BCUT2D eigenvalue weighted by Crippen LogP contribution is 2.30. The Bertz CT molecular complexity index is 916. The Morgan fingerprint density at radius 2 is 1.74 bits per heavy atom. The number of nitrogens with zero attached hydrogens (tertiary/aromatic N) is 3. The first kappa shape index (κ1) is 19.7. The largest absolute Gasteiger partial charge is 0.495 e. The number of anilines is 1. The summed E-state index contributed by atoms with van der Waals surface area (Å²) >= 11 is 1.02. The summed E-state index contributed by atoms with van der Waals surface area (Å²) in [4.78, 5) is 16.0. The number of thiophene rings is 1. The van der Waals surface area contributed by atoms with Gasteiger partial charge in [0.05, 0.1) is 17.7 Å². The smallest absolute Gasteiger partial charge is 0.263 e. The first-order chi connectivity index (χ1) is 12.8. The fraction of sp³-hybridized carbons (Fsp3) is 0.389. The van der Waals surface area contributed by atoms with Gasteiger partial charge in [0, 0.05) is 40.3 Å². The van der Waals surface area contributed by atoms with Crippen molar-refractivity contribution in [3.8, 4) is 5.75 Å². The molecule has 0 unspecified atom stereocenters. The highest BCUT2D eigenvalue weighted by atomic mass is 32.2. The molecule has 2 aromatic rings. The molecule has 0 radical (unpaired) electrons. The first-order valence-corrected chi connectivity index (χ1v) is 10.8. The van der Waals surface area contributed by atoms with E-state index in [9.17, 15) is 13.2 Å². The van der Waals surface area contributed by atoms with Gasteiger partial charge < -0.3 is 14.5 Å². The number of sulfonamides is 1. The second-order valence-corrected chi connectivity index (χ2v) is 9.63. The van der Waals surface area contributed by atoms with Crippen LogP contribution in [0.2, 0.25) is 0 Å². The van der Waals surface area contributed by atoms with Gasteiger partial charge in [-0.15, -0.1) is 11.3 Å². The first-order valence-electron chi connectivity index (χ1n) is 8.54. The summed E-state index contributed by atoms with van der Waals surface area (Å²) in [6.07, 6.45) is 0. The molecule has 0 spiro atoms. The maximum atomic E-state index is 12.9. The van der Waals surface area contributed by atoms with Gasteiger partial charge in [-0.2, -0.15) is 4.31 Å². The van der Waals surface area contributed by atoms with Crippen LogP contribution in [-0.2, 0) is 10.0 Å². The number of piperazine rings is 1. The van der Waals surface area contributed by atoms with Crippen molar-refractivity contribution in [1.29, 1.82) is 0 Å². The van der Waals surface area contributed by atoms with Crippen LogP contribution < -0.4 is 9.64 Å². The normalized spacial score (nSPS) is 15.6. The van der Waals surface area contributed by atoms with Crippen molar-refractivity contribution in [3.63, 3.8) is 0 Å². The van der Waals surface area contributed by atoms with Crippen LogP contribution in [0.5, 0.6) is 5.75 Å². The van der Waals surface area contributed by atoms with Gasteiger partial charge in [-0.05, 0) is 24.3 Å². The minimum absolute atomic E-state index is 0.192. The zero-order valence-corrected chi connectivity index (χ0v) is 17.2. The van der Waals surface area contributed by atoms with Crippen LogP contribution in [0.15, 0.2) is 40.6 Å². The number of benzene rings is 1. The topological polar surface area (TPSA) is 70.2 Å². The van der Waals surface area contributed by atoms with Crippen LogP contribution >= 0.6 is 11.3 Å².